The van der Waals surface area contributed by atoms with Crippen molar-refractivity contribution in [3.8, 4) is 11.5 Å². The van der Waals surface area contributed by atoms with E-state index in [9.17, 15) is 0 Å². The van der Waals surface area contributed by atoms with Crippen LogP contribution in [0.25, 0.3) is 0 Å². The molecule has 0 saturated heterocycles. The molecule has 6 heteroatoms. The van der Waals surface area contributed by atoms with Gasteiger partial charge in [0.1, 0.15) is 35.3 Å². The summed E-state index contributed by atoms with van der Waals surface area (Å²) < 4.78 is 18.3. The van der Waals surface area contributed by atoms with Gasteiger partial charge in [0.05, 0.1) is 6.04 Å². The zero-order valence-corrected chi connectivity index (χ0v) is 19.4. The molecule has 2 aliphatic rings. The van der Waals surface area contributed by atoms with Gasteiger partial charge >= 0.3 is 0 Å². The SMILES string of the molecule is Cc1ccc(C2=NN3[C@@H](C2)c2cc(Cl)ccc2O[C@H]3c2ccc(OCc3ccccc3)cc2)o1. The molecule has 0 amide bonds. The smallest absolute Gasteiger partial charge is 0.213 e. The normalized spacial score (nSPS) is 18.6. The van der Waals surface area contributed by atoms with Crippen LogP contribution >= 0.6 is 11.6 Å². The number of halogens is 1. The Hall–Kier alpha value is -3.70. The lowest BCUT2D eigenvalue weighted by molar-refractivity contribution is -0.0190. The van der Waals surface area contributed by atoms with Crippen molar-refractivity contribution in [3.63, 3.8) is 0 Å². The molecule has 0 unspecified atom stereocenters. The van der Waals surface area contributed by atoms with Crippen molar-refractivity contribution >= 4 is 17.3 Å². The van der Waals surface area contributed by atoms with Crippen molar-refractivity contribution in [2.45, 2.75) is 32.2 Å². The van der Waals surface area contributed by atoms with Crippen molar-refractivity contribution in [2.75, 3.05) is 0 Å². The van der Waals surface area contributed by atoms with Gasteiger partial charge in [-0.25, -0.2) is 5.01 Å². The molecule has 2 atom stereocenters. The number of ether oxygens (including phenoxy) is 2. The minimum absolute atomic E-state index is 0.0156. The lowest BCUT2D eigenvalue weighted by atomic mass is 9.97. The van der Waals surface area contributed by atoms with E-state index in [4.69, 9.17) is 30.6 Å². The molecule has 0 aliphatic carbocycles. The average Bonchev–Trinajstić information content (AvgIpc) is 3.50. The highest BCUT2D eigenvalue weighted by atomic mass is 35.5. The van der Waals surface area contributed by atoms with E-state index >= 15 is 0 Å². The van der Waals surface area contributed by atoms with E-state index in [-0.39, 0.29) is 12.3 Å². The Morgan fingerprint density at radius 2 is 1.82 bits per heavy atom. The number of aryl methyl sites for hydroxylation is 1. The average molecular weight is 471 g/mol. The first kappa shape index (κ1) is 20.9. The highest BCUT2D eigenvalue weighted by Gasteiger charge is 2.41. The Balaban J connectivity index is 1.29. The van der Waals surface area contributed by atoms with E-state index in [1.807, 2.05) is 84.7 Å². The van der Waals surface area contributed by atoms with Crippen molar-refractivity contribution < 1.29 is 13.9 Å². The second kappa shape index (κ2) is 8.58. The molecule has 0 saturated carbocycles. The van der Waals surface area contributed by atoms with Gasteiger partial charge in [-0.05, 0) is 67.1 Å². The quantitative estimate of drug-likeness (QED) is 0.313. The summed E-state index contributed by atoms with van der Waals surface area (Å²) in [6.07, 6.45) is 0.355. The summed E-state index contributed by atoms with van der Waals surface area (Å²) in [6.45, 7) is 2.47. The number of rotatable bonds is 5. The lowest BCUT2D eigenvalue weighted by Crippen LogP contribution is -2.33. The number of hydrogen-bond donors (Lipinski definition) is 0. The Kier molecular flexibility index (Phi) is 5.27. The van der Waals surface area contributed by atoms with Crippen LogP contribution in [-0.2, 0) is 6.61 Å². The fourth-order valence-electron chi connectivity index (χ4n) is 4.49. The van der Waals surface area contributed by atoms with Gasteiger partial charge in [-0.2, -0.15) is 5.10 Å². The largest absolute Gasteiger partial charge is 0.489 e. The van der Waals surface area contributed by atoms with Crippen LogP contribution in [-0.4, -0.2) is 10.7 Å². The maximum absolute atomic E-state index is 6.43. The third-order valence-electron chi connectivity index (χ3n) is 6.19. The molecular formula is C28H23ClN2O3. The summed E-state index contributed by atoms with van der Waals surface area (Å²) in [6, 6.07) is 27.9. The third kappa shape index (κ3) is 3.93. The van der Waals surface area contributed by atoms with Gasteiger partial charge in [-0.15, -0.1) is 0 Å². The number of hydrogen-bond acceptors (Lipinski definition) is 5. The molecule has 4 aromatic rings. The second-order valence-electron chi connectivity index (χ2n) is 8.55. The molecule has 1 aromatic heterocycles. The van der Waals surface area contributed by atoms with Crippen LogP contribution in [0.3, 0.4) is 0 Å². The van der Waals surface area contributed by atoms with Gasteiger partial charge in [0.2, 0.25) is 6.23 Å². The number of benzene rings is 3. The van der Waals surface area contributed by atoms with Crippen molar-refractivity contribution in [1.29, 1.82) is 0 Å². The van der Waals surface area contributed by atoms with E-state index < -0.39 is 0 Å². The minimum atomic E-state index is -0.365. The first-order valence-corrected chi connectivity index (χ1v) is 11.7. The summed E-state index contributed by atoms with van der Waals surface area (Å²) >= 11 is 6.32. The minimum Gasteiger partial charge on any atom is -0.489 e. The predicted octanol–water partition coefficient (Wildman–Crippen LogP) is 7.06. The third-order valence-corrected chi connectivity index (χ3v) is 6.43. The van der Waals surface area contributed by atoms with Gasteiger partial charge in [0.15, 0.2) is 0 Å². The summed E-state index contributed by atoms with van der Waals surface area (Å²) in [5.74, 6) is 3.29. The van der Waals surface area contributed by atoms with Crippen molar-refractivity contribution in [2.24, 2.45) is 5.10 Å². The van der Waals surface area contributed by atoms with E-state index in [1.165, 1.54) is 0 Å². The van der Waals surface area contributed by atoms with E-state index in [2.05, 4.69) is 12.1 Å². The predicted molar refractivity (Wildman–Crippen MR) is 131 cm³/mol. The van der Waals surface area contributed by atoms with Gasteiger partial charge in [-0.1, -0.05) is 41.9 Å². The Labute approximate surface area is 203 Å². The maximum Gasteiger partial charge on any atom is 0.213 e. The standard InChI is InChI=1S/C28H23ClN2O3/c1-18-7-13-27(33-18)24-16-25-23-15-21(29)10-14-26(23)34-28(31(25)30-24)20-8-11-22(12-9-20)32-17-19-5-3-2-4-6-19/h2-15,25,28H,16-17H2,1H3/t25-,28-/m0/s1. The van der Waals surface area contributed by atoms with Crippen LogP contribution in [0.15, 0.2) is 94.4 Å². The monoisotopic (exact) mass is 470 g/mol. The summed E-state index contributed by atoms with van der Waals surface area (Å²) in [4.78, 5) is 0. The summed E-state index contributed by atoms with van der Waals surface area (Å²) in [5, 5.41) is 7.64. The zero-order chi connectivity index (χ0) is 23.1. The molecule has 3 heterocycles. The lowest BCUT2D eigenvalue weighted by Gasteiger charge is -2.38. The van der Waals surface area contributed by atoms with Gasteiger partial charge in [0, 0.05) is 22.6 Å². The van der Waals surface area contributed by atoms with E-state index in [0.717, 1.165) is 51.8 Å². The van der Waals surface area contributed by atoms with Crippen LogP contribution in [0.2, 0.25) is 5.02 Å². The molecule has 6 rings (SSSR count). The Bertz CT molecular complexity index is 1350. The molecule has 3 aromatic carbocycles. The number of fused-ring (bicyclic) bond motifs is 3. The Morgan fingerprint density at radius 3 is 2.59 bits per heavy atom. The first-order chi connectivity index (χ1) is 16.6. The van der Waals surface area contributed by atoms with Gasteiger partial charge in [0.25, 0.3) is 0 Å². The number of nitrogens with zero attached hydrogens (tertiary/aromatic N) is 2. The van der Waals surface area contributed by atoms with Crippen LogP contribution in [0.1, 0.15) is 46.9 Å². The molecule has 0 bridgehead atoms. The highest BCUT2D eigenvalue weighted by molar-refractivity contribution is 6.30. The highest BCUT2D eigenvalue weighted by Crippen LogP contribution is 2.48. The molecule has 34 heavy (non-hydrogen) atoms. The fourth-order valence-corrected chi connectivity index (χ4v) is 4.67. The molecule has 0 fully saturated rings. The zero-order valence-electron chi connectivity index (χ0n) is 18.6. The molecule has 2 aliphatic heterocycles. The van der Waals surface area contributed by atoms with Crippen LogP contribution in [0.4, 0.5) is 0 Å². The van der Waals surface area contributed by atoms with Crippen molar-refractivity contribution in [1.82, 2.24) is 5.01 Å². The van der Waals surface area contributed by atoms with Gasteiger partial charge in [-0.3, -0.25) is 0 Å². The topological polar surface area (TPSA) is 47.2 Å². The van der Waals surface area contributed by atoms with Crippen LogP contribution in [0, 0.1) is 6.92 Å². The number of hydrazone groups is 1. The van der Waals surface area contributed by atoms with Crippen LogP contribution in [0.5, 0.6) is 11.5 Å². The molecule has 0 N–H and O–H groups in total. The second-order valence-corrected chi connectivity index (χ2v) is 8.99. The molecule has 0 radical (unpaired) electrons. The maximum atomic E-state index is 6.43. The van der Waals surface area contributed by atoms with Crippen LogP contribution < -0.4 is 9.47 Å². The van der Waals surface area contributed by atoms with Gasteiger partial charge < -0.3 is 13.9 Å². The Morgan fingerprint density at radius 1 is 1.00 bits per heavy atom. The molecule has 5 nitrogen and oxygen atoms in total. The fraction of sp³-hybridized carbons (Fsp3) is 0.179. The summed E-state index contributed by atoms with van der Waals surface area (Å²) in [7, 11) is 0. The van der Waals surface area contributed by atoms with E-state index in [1.54, 1.807) is 0 Å². The van der Waals surface area contributed by atoms with Crippen molar-refractivity contribution in [3.05, 3.63) is 118 Å². The number of furan rings is 1. The van der Waals surface area contributed by atoms with E-state index in [0.29, 0.717) is 11.6 Å². The first-order valence-electron chi connectivity index (χ1n) is 11.3. The summed E-state index contributed by atoms with van der Waals surface area (Å²) in [5.41, 5.74) is 4.07. The molecule has 170 valence electrons. The molecular weight excluding hydrogens is 448 g/mol. The molecule has 0 spiro atoms.